The van der Waals surface area contributed by atoms with Crippen LogP contribution in [0.4, 0.5) is 0 Å². The van der Waals surface area contributed by atoms with Gasteiger partial charge in [0.2, 0.25) is 0 Å². The van der Waals surface area contributed by atoms with Crippen molar-refractivity contribution in [2.75, 3.05) is 27.7 Å². The standard InChI is InChI=1S/C15H32N4O4/c1-18-7-8-4-5-9(16)15(22-8)23-14-10(17)6-11(21-3)12(19-2)13(14)20/h8-15,18-20H,4-7,16-17H2,1-3H3/t8-,9-,10-,11-,12+,13+,14+,15+/m0/s1. The molecule has 136 valence electrons. The van der Waals surface area contributed by atoms with Crippen molar-refractivity contribution in [3.63, 3.8) is 0 Å². The zero-order valence-corrected chi connectivity index (χ0v) is 14.3. The predicted octanol–water partition coefficient (Wildman–Crippen LogP) is -1.88. The van der Waals surface area contributed by atoms with Gasteiger partial charge in [0.15, 0.2) is 6.29 Å². The first-order chi connectivity index (χ1) is 11.0. The number of aliphatic hydroxyl groups is 1. The SMILES string of the molecule is CNC[C@@H]1CC[C@H](N)[C@@H](O[C@H]2[C@H](O)[C@H](NC)[C@@H](OC)C[C@@H]2N)O1. The van der Waals surface area contributed by atoms with Crippen LogP contribution in [0.25, 0.3) is 0 Å². The first-order valence-corrected chi connectivity index (χ1v) is 8.36. The summed E-state index contributed by atoms with van der Waals surface area (Å²) >= 11 is 0. The molecule has 1 saturated heterocycles. The van der Waals surface area contributed by atoms with E-state index in [-0.39, 0.29) is 30.3 Å². The molecule has 0 unspecified atom stereocenters. The van der Waals surface area contributed by atoms with E-state index in [4.69, 9.17) is 25.7 Å². The van der Waals surface area contributed by atoms with E-state index in [0.717, 1.165) is 19.4 Å². The maximum Gasteiger partial charge on any atom is 0.173 e. The van der Waals surface area contributed by atoms with Gasteiger partial charge in [-0.1, -0.05) is 0 Å². The third kappa shape index (κ3) is 4.40. The minimum Gasteiger partial charge on any atom is -0.389 e. The molecule has 2 rings (SSSR count). The van der Waals surface area contributed by atoms with Gasteiger partial charge in [-0.3, -0.25) is 0 Å². The average Bonchev–Trinajstić information content (AvgIpc) is 2.53. The summed E-state index contributed by atoms with van der Waals surface area (Å²) in [5.41, 5.74) is 12.3. The Morgan fingerprint density at radius 3 is 2.57 bits per heavy atom. The van der Waals surface area contributed by atoms with E-state index >= 15 is 0 Å². The Labute approximate surface area is 138 Å². The molecule has 0 aromatic rings. The molecule has 8 atom stereocenters. The smallest absolute Gasteiger partial charge is 0.173 e. The molecule has 1 aliphatic carbocycles. The highest BCUT2D eigenvalue weighted by Gasteiger charge is 2.45. The van der Waals surface area contributed by atoms with Gasteiger partial charge in [0, 0.05) is 19.7 Å². The minimum atomic E-state index is -0.783. The molecule has 8 heteroatoms. The lowest BCUT2D eigenvalue weighted by Crippen LogP contribution is -2.65. The molecule has 2 aliphatic rings. The van der Waals surface area contributed by atoms with Crippen LogP contribution in [0.3, 0.4) is 0 Å². The van der Waals surface area contributed by atoms with E-state index in [1.165, 1.54) is 0 Å². The van der Waals surface area contributed by atoms with Crippen LogP contribution in [0.1, 0.15) is 19.3 Å². The van der Waals surface area contributed by atoms with Crippen molar-refractivity contribution in [1.29, 1.82) is 0 Å². The maximum absolute atomic E-state index is 10.6. The minimum absolute atomic E-state index is 0.0635. The Bertz CT molecular complexity index is 362. The van der Waals surface area contributed by atoms with Crippen LogP contribution >= 0.6 is 0 Å². The number of likely N-dealkylation sites (N-methyl/N-ethyl adjacent to an activating group) is 2. The summed E-state index contributed by atoms with van der Waals surface area (Å²) in [7, 11) is 5.30. The Morgan fingerprint density at radius 2 is 1.96 bits per heavy atom. The van der Waals surface area contributed by atoms with Crippen molar-refractivity contribution in [2.45, 2.75) is 68.1 Å². The Hall–Kier alpha value is -0.320. The number of hydrogen-bond acceptors (Lipinski definition) is 8. The zero-order valence-electron chi connectivity index (χ0n) is 14.3. The number of nitrogens with one attached hydrogen (secondary N) is 2. The fourth-order valence-electron chi connectivity index (χ4n) is 3.55. The Kier molecular flexibility index (Phi) is 7.18. The van der Waals surface area contributed by atoms with Gasteiger partial charge < -0.3 is 41.4 Å². The molecule has 0 spiro atoms. The van der Waals surface area contributed by atoms with Crippen molar-refractivity contribution >= 4 is 0 Å². The van der Waals surface area contributed by atoms with Crippen LogP contribution in [0.2, 0.25) is 0 Å². The van der Waals surface area contributed by atoms with Crippen LogP contribution < -0.4 is 22.1 Å². The molecule has 23 heavy (non-hydrogen) atoms. The summed E-state index contributed by atoms with van der Waals surface area (Å²) < 4.78 is 17.4. The molecule has 0 amide bonds. The molecule has 1 aliphatic heterocycles. The van der Waals surface area contributed by atoms with Gasteiger partial charge in [0.1, 0.15) is 6.10 Å². The number of methoxy groups -OCH3 is 1. The molecule has 2 fully saturated rings. The zero-order chi connectivity index (χ0) is 17.0. The first kappa shape index (κ1) is 19.0. The largest absolute Gasteiger partial charge is 0.389 e. The number of rotatable bonds is 6. The second-order valence-corrected chi connectivity index (χ2v) is 6.50. The summed E-state index contributed by atoms with van der Waals surface area (Å²) in [5.74, 6) is 0. The van der Waals surface area contributed by atoms with E-state index in [1.807, 2.05) is 7.05 Å². The molecule has 1 heterocycles. The molecule has 8 nitrogen and oxygen atoms in total. The van der Waals surface area contributed by atoms with Gasteiger partial charge in [-0.2, -0.15) is 0 Å². The highest BCUT2D eigenvalue weighted by Crippen LogP contribution is 2.27. The summed E-state index contributed by atoms with van der Waals surface area (Å²) in [6, 6.07) is -0.784. The van der Waals surface area contributed by atoms with E-state index in [9.17, 15) is 5.11 Å². The lowest BCUT2D eigenvalue weighted by molar-refractivity contribution is -0.250. The molecule has 0 bridgehead atoms. The first-order valence-electron chi connectivity index (χ1n) is 8.36. The van der Waals surface area contributed by atoms with Crippen molar-refractivity contribution in [3.8, 4) is 0 Å². The Morgan fingerprint density at radius 1 is 1.22 bits per heavy atom. The van der Waals surface area contributed by atoms with Crippen molar-refractivity contribution < 1.29 is 19.3 Å². The van der Waals surface area contributed by atoms with Gasteiger partial charge >= 0.3 is 0 Å². The van der Waals surface area contributed by atoms with E-state index in [2.05, 4.69) is 10.6 Å². The fraction of sp³-hybridized carbons (Fsp3) is 1.00. The lowest BCUT2D eigenvalue weighted by atomic mass is 9.84. The molecule has 1 saturated carbocycles. The van der Waals surface area contributed by atoms with Crippen LogP contribution in [0.15, 0.2) is 0 Å². The van der Waals surface area contributed by atoms with E-state index < -0.39 is 18.5 Å². The van der Waals surface area contributed by atoms with Crippen LogP contribution in [-0.4, -0.2) is 81.7 Å². The second kappa shape index (κ2) is 8.68. The molecular weight excluding hydrogens is 300 g/mol. The topological polar surface area (TPSA) is 124 Å². The molecular formula is C15H32N4O4. The summed E-state index contributed by atoms with van der Waals surface area (Å²) in [6.07, 6.45) is 0.362. The van der Waals surface area contributed by atoms with Gasteiger partial charge in [0.25, 0.3) is 0 Å². The molecule has 0 aromatic heterocycles. The molecule has 7 N–H and O–H groups in total. The third-order valence-electron chi connectivity index (χ3n) is 4.89. The van der Waals surface area contributed by atoms with E-state index in [0.29, 0.717) is 6.42 Å². The maximum atomic E-state index is 10.6. The number of ether oxygens (including phenoxy) is 3. The van der Waals surface area contributed by atoms with Gasteiger partial charge in [-0.05, 0) is 33.4 Å². The van der Waals surface area contributed by atoms with Crippen LogP contribution in [0, 0.1) is 0 Å². The number of aliphatic hydroxyl groups excluding tert-OH is 1. The fourth-order valence-corrected chi connectivity index (χ4v) is 3.55. The van der Waals surface area contributed by atoms with E-state index in [1.54, 1.807) is 14.2 Å². The second-order valence-electron chi connectivity index (χ2n) is 6.50. The van der Waals surface area contributed by atoms with Gasteiger partial charge in [-0.25, -0.2) is 0 Å². The van der Waals surface area contributed by atoms with Gasteiger partial charge in [-0.15, -0.1) is 0 Å². The quantitative estimate of drug-likeness (QED) is 0.383. The highest BCUT2D eigenvalue weighted by atomic mass is 16.7. The molecule has 0 aromatic carbocycles. The average molecular weight is 332 g/mol. The van der Waals surface area contributed by atoms with Gasteiger partial charge in [0.05, 0.1) is 30.4 Å². The monoisotopic (exact) mass is 332 g/mol. The summed E-state index contributed by atoms with van der Waals surface area (Å²) in [4.78, 5) is 0. The normalized spacial score (nSPS) is 45.1. The van der Waals surface area contributed by atoms with Crippen molar-refractivity contribution in [3.05, 3.63) is 0 Å². The summed E-state index contributed by atoms with van der Waals surface area (Å²) in [6.45, 7) is 0.747. The third-order valence-corrected chi connectivity index (χ3v) is 4.89. The Balaban J connectivity index is 2.02. The highest BCUT2D eigenvalue weighted by molar-refractivity contribution is 5.00. The number of nitrogens with two attached hydrogens (primary N) is 2. The van der Waals surface area contributed by atoms with Crippen LogP contribution in [0.5, 0.6) is 0 Å². The summed E-state index contributed by atoms with van der Waals surface area (Å²) in [5, 5.41) is 16.8. The number of hydrogen-bond donors (Lipinski definition) is 5. The van der Waals surface area contributed by atoms with Crippen molar-refractivity contribution in [2.24, 2.45) is 11.5 Å². The molecule has 0 radical (unpaired) electrons. The van der Waals surface area contributed by atoms with Crippen molar-refractivity contribution in [1.82, 2.24) is 10.6 Å². The van der Waals surface area contributed by atoms with Crippen LogP contribution in [-0.2, 0) is 14.2 Å². The predicted molar refractivity (Wildman–Crippen MR) is 86.9 cm³/mol. The lowest BCUT2D eigenvalue weighted by Gasteiger charge is -2.45.